The van der Waals surface area contributed by atoms with E-state index in [0.29, 0.717) is 13.1 Å². The zero-order valence-electron chi connectivity index (χ0n) is 13.2. The highest BCUT2D eigenvalue weighted by Gasteiger charge is 2.32. The first-order valence-electron chi connectivity index (χ1n) is 7.90. The Labute approximate surface area is 132 Å². The van der Waals surface area contributed by atoms with Gasteiger partial charge in [-0.15, -0.1) is 0 Å². The van der Waals surface area contributed by atoms with Crippen LogP contribution in [0.15, 0.2) is 54.6 Å². The van der Waals surface area contributed by atoms with Crippen molar-refractivity contribution in [1.82, 2.24) is 4.90 Å². The fraction of sp³-hybridized carbons (Fsp3) is 0.316. The van der Waals surface area contributed by atoms with E-state index in [0.717, 1.165) is 17.7 Å². The van der Waals surface area contributed by atoms with Crippen molar-refractivity contribution in [3.05, 3.63) is 65.7 Å². The summed E-state index contributed by atoms with van der Waals surface area (Å²) in [6.07, 6.45) is 0.935. The lowest BCUT2D eigenvalue weighted by Gasteiger charge is -2.30. The molecule has 114 valence electrons. The minimum atomic E-state index is 0.101. The van der Waals surface area contributed by atoms with Crippen molar-refractivity contribution >= 4 is 11.7 Å². The lowest BCUT2D eigenvalue weighted by molar-refractivity contribution is 0.203. The van der Waals surface area contributed by atoms with E-state index in [-0.39, 0.29) is 12.1 Å². The van der Waals surface area contributed by atoms with Crippen molar-refractivity contribution in [2.75, 3.05) is 11.4 Å². The van der Waals surface area contributed by atoms with Crippen molar-refractivity contribution in [2.45, 2.75) is 32.9 Å². The number of fused-ring (bicyclic) bond motifs is 1. The van der Waals surface area contributed by atoms with Crippen LogP contribution in [0.3, 0.4) is 0 Å². The maximum absolute atomic E-state index is 13.0. The van der Waals surface area contributed by atoms with Gasteiger partial charge in [0, 0.05) is 24.8 Å². The molecule has 1 heterocycles. The molecule has 2 aromatic carbocycles. The van der Waals surface area contributed by atoms with Crippen LogP contribution < -0.4 is 4.90 Å². The summed E-state index contributed by atoms with van der Waals surface area (Å²) < 4.78 is 0. The molecule has 0 saturated carbocycles. The second-order valence-corrected chi connectivity index (χ2v) is 5.83. The molecule has 22 heavy (non-hydrogen) atoms. The minimum Gasteiger partial charge on any atom is -0.320 e. The molecule has 1 atom stereocenters. The number of para-hydroxylation sites is 1. The molecule has 1 aliphatic rings. The minimum absolute atomic E-state index is 0.101. The molecule has 0 aliphatic carbocycles. The number of benzene rings is 2. The van der Waals surface area contributed by atoms with E-state index in [1.807, 2.05) is 53.1 Å². The average Bonchev–Trinajstić information content (AvgIpc) is 2.88. The monoisotopic (exact) mass is 294 g/mol. The number of nitrogens with zero attached hydrogens (tertiary/aromatic N) is 2. The molecule has 0 N–H and O–H groups in total. The molecule has 2 aromatic rings. The van der Waals surface area contributed by atoms with Crippen molar-refractivity contribution in [3.63, 3.8) is 0 Å². The Hall–Kier alpha value is -2.29. The topological polar surface area (TPSA) is 23.6 Å². The summed E-state index contributed by atoms with van der Waals surface area (Å²) in [5, 5.41) is 0. The quantitative estimate of drug-likeness (QED) is 0.836. The predicted octanol–water partition coefficient (Wildman–Crippen LogP) is 4.08. The summed E-state index contributed by atoms with van der Waals surface area (Å²) in [4.78, 5) is 16.9. The molecule has 0 bridgehead atoms. The second kappa shape index (κ2) is 6.22. The first-order valence-corrected chi connectivity index (χ1v) is 7.90. The van der Waals surface area contributed by atoms with Crippen LogP contribution in [0, 0.1) is 0 Å². The summed E-state index contributed by atoms with van der Waals surface area (Å²) in [5.74, 6) is 0. The van der Waals surface area contributed by atoms with E-state index >= 15 is 0 Å². The molecule has 3 heteroatoms. The smallest absolute Gasteiger partial charge is 0.320 e. The molecule has 3 rings (SSSR count). The summed E-state index contributed by atoms with van der Waals surface area (Å²) >= 11 is 0. The van der Waals surface area contributed by atoms with Crippen LogP contribution >= 0.6 is 0 Å². The Morgan fingerprint density at radius 3 is 2.55 bits per heavy atom. The zero-order chi connectivity index (χ0) is 15.5. The maximum Gasteiger partial charge on any atom is 0.325 e. The van der Waals surface area contributed by atoms with Gasteiger partial charge in [-0.05, 0) is 37.5 Å². The van der Waals surface area contributed by atoms with Crippen molar-refractivity contribution in [2.24, 2.45) is 0 Å². The maximum atomic E-state index is 13.0. The van der Waals surface area contributed by atoms with Gasteiger partial charge in [-0.25, -0.2) is 4.79 Å². The summed E-state index contributed by atoms with van der Waals surface area (Å²) in [6.45, 7) is 5.52. The molecular weight excluding hydrogens is 272 g/mol. The van der Waals surface area contributed by atoms with Crippen LogP contribution in [0.5, 0.6) is 0 Å². The highest BCUT2D eigenvalue weighted by atomic mass is 16.2. The molecule has 0 saturated heterocycles. The third-order valence-electron chi connectivity index (χ3n) is 4.28. The van der Waals surface area contributed by atoms with E-state index < -0.39 is 0 Å². The fourth-order valence-electron chi connectivity index (χ4n) is 3.13. The highest BCUT2D eigenvalue weighted by molar-refractivity contribution is 5.95. The lowest BCUT2D eigenvalue weighted by atomic mass is 10.1. The molecule has 1 unspecified atom stereocenters. The number of anilines is 1. The first-order chi connectivity index (χ1) is 10.7. The van der Waals surface area contributed by atoms with E-state index in [1.165, 1.54) is 5.56 Å². The molecule has 3 nitrogen and oxygen atoms in total. The van der Waals surface area contributed by atoms with Crippen LogP contribution in [0.25, 0.3) is 0 Å². The van der Waals surface area contributed by atoms with Gasteiger partial charge in [-0.2, -0.15) is 0 Å². The van der Waals surface area contributed by atoms with Gasteiger partial charge in [0.1, 0.15) is 0 Å². The van der Waals surface area contributed by atoms with Gasteiger partial charge in [0.2, 0.25) is 0 Å². The molecular formula is C19H22N2O. The molecule has 1 aliphatic heterocycles. The third kappa shape index (κ3) is 2.71. The zero-order valence-corrected chi connectivity index (χ0v) is 13.2. The highest BCUT2D eigenvalue weighted by Crippen LogP contribution is 2.32. The predicted molar refractivity (Wildman–Crippen MR) is 90.0 cm³/mol. The average molecular weight is 294 g/mol. The molecule has 2 amide bonds. The standard InChI is InChI=1S/C19H22N2O/c1-3-20(14-16-9-5-4-6-10-16)19(22)21-15(2)13-17-11-7-8-12-18(17)21/h4-12,15H,3,13-14H2,1-2H3. The second-order valence-electron chi connectivity index (χ2n) is 5.83. The van der Waals surface area contributed by atoms with Crippen molar-refractivity contribution < 1.29 is 4.79 Å². The number of hydrogen-bond donors (Lipinski definition) is 0. The summed E-state index contributed by atoms with van der Waals surface area (Å²) in [7, 11) is 0. The van der Waals surface area contributed by atoms with Gasteiger partial charge < -0.3 is 4.90 Å². The van der Waals surface area contributed by atoms with Gasteiger partial charge >= 0.3 is 6.03 Å². The number of amides is 2. The SMILES string of the molecule is CCN(Cc1ccccc1)C(=O)N1c2ccccc2CC1C. The Kier molecular flexibility index (Phi) is 4.14. The van der Waals surface area contributed by atoms with Gasteiger partial charge in [0.05, 0.1) is 0 Å². The number of urea groups is 1. The molecule has 0 aromatic heterocycles. The van der Waals surface area contributed by atoms with Crippen LogP contribution in [0.1, 0.15) is 25.0 Å². The van der Waals surface area contributed by atoms with E-state index in [1.54, 1.807) is 0 Å². The molecule has 0 fully saturated rings. The first kappa shape index (κ1) is 14.6. The Morgan fingerprint density at radius 1 is 1.14 bits per heavy atom. The fourth-order valence-corrected chi connectivity index (χ4v) is 3.13. The summed E-state index contributed by atoms with van der Waals surface area (Å²) in [5.41, 5.74) is 3.49. The summed E-state index contributed by atoms with van der Waals surface area (Å²) in [6, 6.07) is 18.7. The molecule has 0 spiro atoms. The van der Waals surface area contributed by atoms with Crippen LogP contribution in [0.4, 0.5) is 10.5 Å². The Balaban J connectivity index is 1.83. The van der Waals surface area contributed by atoms with Gasteiger partial charge in [-0.3, -0.25) is 4.90 Å². The van der Waals surface area contributed by atoms with Crippen LogP contribution in [0.2, 0.25) is 0 Å². The molecule has 0 radical (unpaired) electrons. The van der Waals surface area contributed by atoms with E-state index in [4.69, 9.17) is 0 Å². The van der Waals surface area contributed by atoms with Gasteiger partial charge in [0.25, 0.3) is 0 Å². The largest absolute Gasteiger partial charge is 0.325 e. The lowest BCUT2D eigenvalue weighted by Crippen LogP contribution is -2.45. The Bertz CT molecular complexity index is 653. The number of hydrogen-bond acceptors (Lipinski definition) is 1. The van der Waals surface area contributed by atoms with Crippen LogP contribution in [-0.2, 0) is 13.0 Å². The van der Waals surface area contributed by atoms with E-state index in [2.05, 4.69) is 25.1 Å². The van der Waals surface area contributed by atoms with Crippen molar-refractivity contribution in [1.29, 1.82) is 0 Å². The van der Waals surface area contributed by atoms with Gasteiger partial charge in [0.15, 0.2) is 0 Å². The van der Waals surface area contributed by atoms with Crippen LogP contribution in [-0.4, -0.2) is 23.5 Å². The number of carbonyl (C=O) groups is 1. The number of carbonyl (C=O) groups excluding carboxylic acids is 1. The van der Waals surface area contributed by atoms with Gasteiger partial charge in [-0.1, -0.05) is 48.5 Å². The van der Waals surface area contributed by atoms with Crippen molar-refractivity contribution in [3.8, 4) is 0 Å². The number of rotatable bonds is 3. The third-order valence-corrected chi connectivity index (χ3v) is 4.28. The van der Waals surface area contributed by atoms with E-state index in [9.17, 15) is 4.79 Å². The Morgan fingerprint density at radius 2 is 1.82 bits per heavy atom. The normalized spacial score (nSPS) is 16.5.